The van der Waals surface area contributed by atoms with Gasteiger partial charge in [-0.15, -0.1) is 11.3 Å². The summed E-state index contributed by atoms with van der Waals surface area (Å²) >= 11 is 20.0. The molecule has 0 aliphatic carbocycles. The highest BCUT2D eigenvalue weighted by molar-refractivity contribution is 8.26. The number of hydrogen-bond acceptors (Lipinski definition) is 4. The maximum Gasteiger partial charge on any atom is 0.263 e. The van der Waals surface area contributed by atoms with E-state index in [-0.39, 0.29) is 5.91 Å². The zero-order valence-electron chi connectivity index (χ0n) is 10.4. The van der Waals surface area contributed by atoms with E-state index >= 15 is 0 Å². The molecule has 2 nitrogen and oxygen atoms in total. The second kappa shape index (κ2) is 6.10. The van der Waals surface area contributed by atoms with Gasteiger partial charge in [0.2, 0.25) is 0 Å². The molecule has 1 saturated heterocycles. The maximum atomic E-state index is 11.6. The van der Waals surface area contributed by atoms with Crippen LogP contribution >= 0.6 is 58.5 Å². The van der Waals surface area contributed by atoms with Gasteiger partial charge in [0.1, 0.15) is 4.32 Å². The fourth-order valence-corrected chi connectivity index (χ4v) is 4.21. The summed E-state index contributed by atoms with van der Waals surface area (Å²) in [5, 5.41) is 5.64. The Kier molecular flexibility index (Phi) is 4.38. The van der Waals surface area contributed by atoms with Crippen molar-refractivity contribution in [1.29, 1.82) is 0 Å². The van der Waals surface area contributed by atoms with Gasteiger partial charge in [0.15, 0.2) is 0 Å². The van der Waals surface area contributed by atoms with E-state index in [1.165, 1.54) is 23.1 Å². The van der Waals surface area contributed by atoms with Gasteiger partial charge in [-0.25, -0.2) is 0 Å². The van der Waals surface area contributed by atoms with Gasteiger partial charge in [-0.2, -0.15) is 0 Å². The Bertz CT molecular complexity index is 782. The van der Waals surface area contributed by atoms with E-state index in [2.05, 4.69) is 5.32 Å². The van der Waals surface area contributed by atoms with Crippen LogP contribution in [-0.2, 0) is 4.79 Å². The molecular weight excluding hydrogens is 365 g/mol. The van der Waals surface area contributed by atoms with Crippen LogP contribution in [-0.4, -0.2) is 10.2 Å². The van der Waals surface area contributed by atoms with Crippen LogP contribution in [0.3, 0.4) is 0 Å². The lowest BCUT2D eigenvalue weighted by molar-refractivity contribution is -0.115. The van der Waals surface area contributed by atoms with Crippen molar-refractivity contribution >= 4 is 74.8 Å². The Morgan fingerprint density at radius 2 is 2.10 bits per heavy atom. The largest absolute Gasteiger partial charge is 0.307 e. The van der Waals surface area contributed by atoms with Gasteiger partial charge in [0.05, 0.1) is 15.0 Å². The number of amides is 1. The zero-order valence-corrected chi connectivity index (χ0v) is 14.3. The monoisotopic (exact) mass is 371 g/mol. The van der Waals surface area contributed by atoms with Crippen LogP contribution in [0, 0.1) is 0 Å². The summed E-state index contributed by atoms with van der Waals surface area (Å²) in [4.78, 5) is 13.2. The molecule has 7 heteroatoms. The molecule has 2 heterocycles. The van der Waals surface area contributed by atoms with Gasteiger partial charge in [-0.1, -0.05) is 59.3 Å². The number of carbonyl (C=O) groups is 1. The van der Waals surface area contributed by atoms with E-state index < -0.39 is 0 Å². The van der Waals surface area contributed by atoms with Gasteiger partial charge in [0.25, 0.3) is 5.91 Å². The summed E-state index contributed by atoms with van der Waals surface area (Å²) in [6.07, 6.45) is 1.83. The highest BCUT2D eigenvalue weighted by Crippen LogP contribution is 2.36. The summed E-state index contributed by atoms with van der Waals surface area (Å²) in [6.45, 7) is 0. The molecule has 0 spiro atoms. The molecule has 0 radical (unpaired) electrons. The van der Waals surface area contributed by atoms with Crippen molar-refractivity contribution in [3.8, 4) is 11.1 Å². The predicted molar refractivity (Wildman–Crippen MR) is 96.1 cm³/mol. The first-order valence-corrected chi connectivity index (χ1v) is 8.68. The summed E-state index contributed by atoms with van der Waals surface area (Å²) in [6, 6.07) is 7.50. The molecule has 0 unspecified atom stereocenters. The third-order valence-corrected chi connectivity index (χ3v) is 5.66. The summed E-state index contributed by atoms with van der Waals surface area (Å²) in [7, 11) is 0. The van der Waals surface area contributed by atoms with Crippen LogP contribution in [0.4, 0.5) is 0 Å². The number of thiophene rings is 1. The van der Waals surface area contributed by atoms with E-state index in [0.29, 0.717) is 19.3 Å². The van der Waals surface area contributed by atoms with Crippen molar-refractivity contribution in [3.05, 3.63) is 49.5 Å². The van der Waals surface area contributed by atoms with Crippen molar-refractivity contribution in [3.63, 3.8) is 0 Å². The number of hydrogen-bond donors (Lipinski definition) is 1. The normalized spacial score (nSPS) is 16.6. The first-order chi connectivity index (χ1) is 10.0. The molecule has 2 aromatic rings. The van der Waals surface area contributed by atoms with Crippen LogP contribution in [0.5, 0.6) is 0 Å². The quantitative estimate of drug-likeness (QED) is 0.580. The Hall–Kier alpha value is -0.850. The second-order valence-electron chi connectivity index (χ2n) is 4.19. The van der Waals surface area contributed by atoms with Gasteiger partial charge in [-0.05, 0) is 29.2 Å². The molecule has 1 aliphatic heterocycles. The topological polar surface area (TPSA) is 29.1 Å². The first kappa shape index (κ1) is 15.1. The van der Waals surface area contributed by atoms with Gasteiger partial charge < -0.3 is 5.32 Å². The number of thioether (sulfide) groups is 1. The Balaban J connectivity index is 1.94. The highest BCUT2D eigenvalue weighted by atomic mass is 35.5. The maximum absolute atomic E-state index is 11.6. The van der Waals surface area contributed by atoms with Crippen LogP contribution in [0.25, 0.3) is 17.2 Å². The minimum Gasteiger partial charge on any atom is -0.307 e. The standard InChI is InChI=1S/C14H7Cl2NOS3/c15-10-3-1-2-9(12(10)16)7-4-8(20-6-7)5-11-13(18)17-14(19)21-11/h1-6H,(H,17,18,19)/b11-5-. The average Bonchev–Trinajstić information content (AvgIpc) is 3.01. The molecule has 106 valence electrons. The third kappa shape index (κ3) is 3.17. The summed E-state index contributed by atoms with van der Waals surface area (Å²) in [5.41, 5.74) is 1.86. The molecule has 1 aromatic carbocycles. The van der Waals surface area contributed by atoms with Gasteiger partial charge >= 0.3 is 0 Å². The van der Waals surface area contributed by atoms with E-state index in [1.54, 1.807) is 6.07 Å². The van der Waals surface area contributed by atoms with Crippen LogP contribution in [0.15, 0.2) is 34.6 Å². The summed E-state index contributed by atoms with van der Waals surface area (Å²) in [5.74, 6) is -0.152. The third-order valence-electron chi connectivity index (χ3n) is 2.80. The Morgan fingerprint density at radius 3 is 2.81 bits per heavy atom. The van der Waals surface area contributed by atoms with Crippen molar-refractivity contribution < 1.29 is 4.79 Å². The smallest absolute Gasteiger partial charge is 0.263 e. The molecule has 0 saturated carbocycles. The molecule has 1 aliphatic rings. The molecule has 1 amide bonds. The van der Waals surface area contributed by atoms with Crippen molar-refractivity contribution in [2.24, 2.45) is 0 Å². The second-order valence-corrected chi connectivity index (χ2v) is 7.64. The van der Waals surface area contributed by atoms with Crippen LogP contribution in [0.1, 0.15) is 4.88 Å². The predicted octanol–water partition coefficient (Wildman–Crippen LogP) is 5.21. The summed E-state index contributed by atoms with van der Waals surface area (Å²) < 4.78 is 0.487. The number of benzene rings is 1. The van der Waals surface area contributed by atoms with Crippen molar-refractivity contribution in [2.45, 2.75) is 0 Å². The van der Waals surface area contributed by atoms with E-state index in [1.807, 2.05) is 29.7 Å². The highest BCUT2D eigenvalue weighted by Gasteiger charge is 2.22. The molecule has 0 bridgehead atoms. The first-order valence-electron chi connectivity index (χ1n) is 5.82. The molecular formula is C14H7Cl2NOS3. The van der Waals surface area contributed by atoms with Crippen molar-refractivity contribution in [2.75, 3.05) is 0 Å². The average molecular weight is 372 g/mol. The molecule has 3 rings (SSSR count). The lowest BCUT2D eigenvalue weighted by Crippen LogP contribution is -2.17. The minimum atomic E-state index is -0.152. The fraction of sp³-hybridized carbons (Fsp3) is 0. The molecule has 1 N–H and O–H groups in total. The molecule has 21 heavy (non-hydrogen) atoms. The van der Waals surface area contributed by atoms with Crippen LogP contribution < -0.4 is 5.32 Å². The van der Waals surface area contributed by atoms with E-state index in [0.717, 1.165) is 16.0 Å². The SMILES string of the molecule is O=C1NC(=S)S/C1=C\c1cc(-c2cccc(Cl)c2Cl)cs1. The van der Waals surface area contributed by atoms with Gasteiger partial charge in [0, 0.05) is 10.4 Å². The minimum absolute atomic E-state index is 0.152. The number of carbonyl (C=O) groups excluding carboxylic acids is 1. The van der Waals surface area contributed by atoms with E-state index in [9.17, 15) is 4.79 Å². The zero-order chi connectivity index (χ0) is 15.0. The van der Waals surface area contributed by atoms with Crippen LogP contribution in [0.2, 0.25) is 10.0 Å². The van der Waals surface area contributed by atoms with Crippen molar-refractivity contribution in [1.82, 2.24) is 5.32 Å². The number of halogens is 2. The lowest BCUT2D eigenvalue weighted by Gasteiger charge is -2.02. The lowest BCUT2D eigenvalue weighted by atomic mass is 10.1. The Morgan fingerprint density at radius 1 is 1.29 bits per heavy atom. The fourth-order valence-electron chi connectivity index (χ4n) is 1.85. The van der Waals surface area contributed by atoms with E-state index in [4.69, 9.17) is 35.4 Å². The Labute approximate surface area is 145 Å². The number of nitrogens with one attached hydrogen (secondary N) is 1. The number of thiocarbonyl (C=S) groups is 1. The van der Waals surface area contributed by atoms with Gasteiger partial charge in [-0.3, -0.25) is 4.79 Å². The molecule has 1 aromatic heterocycles. The molecule has 1 fully saturated rings. The molecule has 0 atom stereocenters. The number of rotatable bonds is 2.